The van der Waals surface area contributed by atoms with E-state index in [-0.39, 0.29) is 11.9 Å². The quantitative estimate of drug-likeness (QED) is 0.767. The summed E-state index contributed by atoms with van der Waals surface area (Å²) in [6.07, 6.45) is 11.9. The van der Waals surface area contributed by atoms with E-state index in [9.17, 15) is 9.59 Å². The maximum Gasteiger partial charge on any atom is 0.315 e. The van der Waals surface area contributed by atoms with Crippen molar-refractivity contribution in [3.8, 4) is 0 Å². The third kappa shape index (κ3) is 6.24. The molecular formula is C17H31N3O2. The SMILES string of the molecule is O=C(NCCCC(=O)N1CCCCCC1)NC1CCCCC1. The maximum absolute atomic E-state index is 12.1. The first-order valence-electron chi connectivity index (χ1n) is 9.08. The van der Waals surface area contributed by atoms with Crippen LogP contribution in [0.1, 0.15) is 70.6 Å². The molecule has 2 fully saturated rings. The summed E-state index contributed by atoms with van der Waals surface area (Å²) in [7, 11) is 0. The summed E-state index contributed by atoms with van der Waals surface area (Å²) >= 11 is 0. The van der Waals surface area contributed by atoms with Crippen molar-refractivity contribution in [3.05, 3.63) is 0 Å². The van der Waals surface area contributed by atoms with Gasteiger partial charge in [-0.25, -0.2) is 4.79 Å². The van der Waals surface area contributed by atoms with Gasteiger partial charge in [0.25, 0.3) is 0 Å². The molecule has 3 amide bonds. The lowest BCUT2D eigenvalue weighted by Crippen LogP contribution is -2.43. The molecule has 1 saturated carbocycles. The van der Waals surface area contributed by atoms with Gasteiger partial charge in [-0.2, -0.15) is 0 Å². The van der Waals surface area contributed by atoms with Crippen molar-refractivity contribution >= 4 is 11.9 Å². The minimum atomic E-state index is -0.0749. The molecule has 126 valence electrons. The zero-order valence-electron chi connectivity index (χ0n) is 13.7. The number of nitrogens with zero attached hydrogens (tertiary/aromatic N) is 1. The summed E-state index contributed by atoms with van der Waals surface area (Å²) in [6.45, 7) is 2.40. The fourth-order valence-corrected chi connectivity index (χ4v) is 3.40. The average molecular weight is 309 g/mol. The molecule has 2 N–H and O–H groups in total. The van der Waals surface area contributed by atoms with Crippen LogP contribution in [0, 0.1) is 0 Å². The predicted octanol–water partition coefficient (Wildman–Crippen LogP) is 2.80. The Labute approximate surface area is 134 Å². The lowest BCUT2D eigenvalue weighted by molar-refractivity contribution is -0.131. The number of carbonyl (C=O) groups excluding carboxylic acids is 2. The van der Waals surface area contributed by atoms with Gasteiger partial charge in [-0.3, -0.25) is 4.79 Å². The van der Waals surface area contributed by atoms with Crippen molar-refractivity contribution in [2.45, 2.75) is 76.7 Å². The van der Waals surface area contributed by atoms with E-state index in [1.807, 2.05) is 4.90 Å². The number of likely N-dealkylation sites (tertiary alicyclic amines) is 1. The third-order valence-corrected chi connectivity index (χ3v) is 4.75. The van der Waals surface area contributed by atoms with E-state index in [0.717, 1.165) is 45.2 Å². The molecule has 0 bridgehead atoms. The number of hydrogen-bond acceptors (Lipinski definition) is 2. The van der Waals surface area contributed by atoms with E-state index in [2.05, 4.69) is 10.6 Å². The van der Waals surface area contributed by atoms with Gasteiger partial charge in [0.2, 0.25) is 5.91 Å². The first-order valence-corrected chi connectivity index (χ1v) is 9.08. The Kier molecular flexibility index (Phi) is 7.54. The smallest absolute Gasteiger partial charge is 0.315 e. The Morgan fingerprint density at radius 2 is 1.55 bits per heavy atom. The zero-order valence-corrected chi connectivity index (χ0v) is 13.7. The highest BCUT2D eigenvalue weighted by Gasteiger charge is 2.16. The van der Waals surface area contributed by atoms with E-state index < -0.39 is 0 Å². The van der Waals surface area contributed by atoms with Crippen LogP contribution in [0.4, 0.5) is 4.79 Å². The van der Waals surface area contributed by atoms with Crippen LogP contribution < -0.4 is 10.6 Å². The van der Waals surface area contributed by atoms with Crippen molar-refractivity contribution in [3.63, 3.8) is 0 Å². The minimum Gasteiger partial charge on any atom is -0.343 e. The molecule has 5 nitrogen and oxygen atoms in total. The number of carbonyl (C=O) groups is 2. The predicted molar refractivity (Wildman–Crippen MR) is 87.7 cm³/mol. The molecule has 0 spiro atoms. The van der Waals surface area contributed by atoms with Crippen LogP contribution >= 0.6 is 0 Å². The summed E-state index contributed by atoms with van der Waals surface area (Å²) in [5.74, 6) is 0.247. The van der Waals surface area contributed by atoms with Crippen molar-refractivity contribution < 1.29 is 9.59 Å². The summed E-state index contributed by atoms with van der Waals surface area (Å²) in [4.78, 5) is 25.9. The molecule has 0 atom stereocenters. The lowest BCUT2D eigenvalue weighted by atomic mass is 9.96. The van der Waals surface area contributed by atoms with Crippen LogP contribution in [-0.2, 0) is 4.79 Å². The molecule has 5 heteroatoms. The van der Waals surface area contributed by atoms with Crippen LogP contribution in [0.3, 0.4) is 0 Å². The summed E-state index contributed by atoms with van der Waals surface area (Å²) in [6, 6.07) is 0.265. The van der Waals surface area contributed by atoms with Crippen molar-refractivity contribution in [1.29, 1.82) is 0 Å². The molecule has 2 rings (SSSR count). The Hall–Kier alpha value is -1.26. The highest BCUT2D eigenvalue weighted by Crippen LogP contribution is 2.17. The van der Waals surface area contributed by atoms with Crippen LogP contribution in [0.5, 0.6) is 0 Å². The van der Waals surface area contributed by atoms with Gasteiger partial charge in [-0.05, 0) is 32.1 Å². The van der Waals surface area contributed by atoms with E-state index in [1.165, 1.54) is 32.1 Å². The van der Waals surface area contributed by atoms with Gasteiger partial charge in [0, 0.05) is 32.1 Å². The molecule has 1 saturated heterocycles. The molecule has 0 aromatic heterocycles. The zero-order chi connectivity index (χ0) is 15.6. The summed E-state index contributed by atoms with van der Waals surface area (Å²) < 4.78 is 0. The van der Waals surface area contributed by atoms with Gasteiger partial charge in [-0.15, -0.1) is 0 Å². The van der Waals surface area contributed by atoms with Crippen molar-refractivity contribution in [2.75, 3.05) is 19.6 Å². The monoisotopic (exact) mass is 309 g/mol. The molecular weight excluding hydrogens is 278 g/mol. The minimum absolute atomic E-state index is 0.0749. The third-order valence-electron chi connectivity index (χ3n) is 4.75. The van der Waals surface area contributed by atoms with E-state index in [1.54, 1.807) is 0 Å². The molecule has 0 aromatic carbocycles. The molecule has 1 aliphatic carbocycles. The standard InChI is InChI=1S/C17H31N3O2/c21-16(20-13-6-1-2-7-14-20)11-8-12-18-17(22)19-15-9-4-3-5-10-15/h15H,1-14H2,(H2,18,19,22). The normalized spacial score (nSPS) is 20.3. The molecule has 1 heterocycles. The molecule has 0 radical (unpaired) electrons. The number of nitrogens with one attached hydrogen (secondary N) is 2. The average Bonchev–Trinajstić information content (AvgIpc) is 2.81. The summed E-state index contributed by atoms with van der Waals surface area (Å²) in [5.41, 5.74) is 0. The van der Waals surface area contributed by atoms with E-state index in [0.29, 0.717) is 19.0 Å². The van der Waals surface area contributed by atoms with Crippen LogP contribution in [0.2, 0.25) is 0 Å². The second-order valence-electron chi connectivity index (χ2n) is 6.63. The maximum atomic E-state index is 12.1. The Morgan fingerprint density at radius 3 is 2.23 bits per heavy atom. The fourth-order valence-electron chi connectivity index (χ4n) is 3.40. The highest BCUT2D eigenvalue weighted by molar-refractivity contribution is 5.76. The van der Waals surface area contributed by atoms with Crippen LogP contribution in [0.15, 0.2) is 0 Å². The summed E-state index contributed by atoms with van der Waals surface area (Å²) in [5, 5.41) is 5.91. The van der Waals surface area contributed by atoms with Gasteiger partial charge in [0.1, 0.15) is 0 Å². The second kappa shape index (κ2) is 9.70. The van der Waals surface area contributed by atoms with Crippen LogP contribution in [-0.4, -0.2) is 42.5 Å². The number of hydrogen-bond donors (Lipinski definition) is 2. The lowest BCUT2D eigenvalue weighted by Gasteiger charge is -2.23. The molecule has 2 aliphatic rings. The highest BCUT2D eigenvalue weighted by atomic mass is 16.2. The van der Waals surface area contributed by atoms with Gasteiger partial charge in [-0.1, -0.05) is 32.1 Å². The molecule has 0 aromatic rings. The first-order chi connectivity index (χ1) is 10.8. The van der Waals surface area contributed by atoms with Gasteiger partial charge in [0.05, 0.1) is 0 Å². The largest absolute Gasteiger partial charge is 0.343 e. The molecule has 1 aliphatic heterocycles. The topological polar surface area (TPSA) is 61.4 Å². The molecule has 0 unspecified atom stereocenters. The fraction of sp³-hybridized carbons (Fsp3) is 0.882. The molecule has 22 heavy (non-hydrogen) atoms. The van der Waals surface area contributed by atoms with E-state index in [4.69, 9.17) is 0 Å². The van der Waals surface area contributed by atoms with Gasteiger partial charge in [0.15, 0.2) is 0 Å². The number of amides is 3. The van der Waals surface area contributed by atoms with E-state index >= 15 is 0 Å². The van der Waals surface area contributed by atoms with Gasteiger partial charge >= 0.3 is 6.03 Å². The van der Waals surface area contributed by atoms with Gasteiger partial charge < -0.3 is 15.5 Å². The van der Waals surface area contributed by atoms with Crippen LogP contribution in [0.25, 0.3) is 0 Å². The number of urea groups is 1. The van der Waals surface area contributed by atoms with Crippen molar-refractivity contribution in [1.82, 2.24) is 15.5 Å². The Bertz CT molecular complexity index is 346. The second-order valence-corrected chi connectivity index (χ2v) is 6.63. The van der Waals surface area contributed by atoms with Crippen molar-refractivity contribution in [2.24, 2.45) is 0 Å². The Balaban J connectivity index is 1.53. The Morgan fingerprint density at radius 1 is 0.909 bits per heavy atom. The number of rotatable bonds is 5. The first kappa shape index (κ1) is 17.1.